The normalized spacial score (nSPS) is 21.6. The number of rotatable bonds is 4. The molecule has 4 aliphatic rings. The van der Waals surface area contributed by atoms with Crippen LogP contribution >= 0.6 is 0 Å². The van der Waals surface area contributed by atoms with Crippen molar-refractivity contribution < 1.29 is 13.9 Å². The van der Waals surface area contributed by atoms with Crippen molar-refractivity contribution in [2.24, 2.45) is 0 Å². The van der Waals surface area contributed by atoms with E-state index >= 15 is 0 Å². The molecule has 0 N–H and O–H groups in total. The second-order valence-corrected chi connectivity index (χ2v) is 17.8. The van der Waals surface area contributed by atoms with Gasteiger partial charge in [-0.05, 0) is 100.0 Å². The minimum atomic E-state index is -0.144. The van der Waals surface area contributed by atoms with E-state index in [1.807, 2.05) is 0 Å². The van der Waals surface area contributed by atoms with E-state index in [-0.39, 0.29) is 35.4 Å². The quantitative estimate of drug-likeness (QED) is 0.178. The molecule has 1 fully saturated rings. The van der Waals surface area contributed by atoms with Crippen LogP contribution in [0.4, 0.5) is 17.1 Å². The molecule has 2 aliphatic heterocycles. The Kier molecular flexibility index (Phi) is 7.17. The van der Waals surface area contributed by atoms with Gasteiger partial charge < -0.3 is 18.8 Å². The van der Waals surface area contributed by atoms with Crippen molar-refractivity contribution >= 4 is 49.8 Å². The molecule has 4 heteroatoms. The highest BCUT2D eigenvalue weighted by Gasteiger charge is 2.52. The van der Waals surface area contributed by atoms with Gasteiger partial charge in [-0.2, -0.15) is 0 Å². The lowest BCUT2D eigenvalue weighted by Crippen LogP contribution is -2.32. The van der Waals surface area contributed by atoms with E-state index in [0.29, 0.717) is 0 Å². The van der Waals surface area contributed by atoms with Crippen LogP contribution < -0.4 is 14.4 Å². The minimum Gasteiger partial charge on any atom is -0.489 e. The largest absolute Gasteiger partial charge is 0.489 e. The smallest absolute Gasteiger partial charge is 0.159 e. The van der Waals surface area contributed by atoms with Crippen LogP contribution in [0.25, 0.3) is 43.8 Å². The number of hydrogen-bond acceptors (Lipinski definition) is 4. The molecular formula is C56H43NO3. The molecule has 1 saturated carbocycles. The zero-order valence-corrected chi connectivity index (χ0v) is 33.6. The second kappa shape index (κ2) is 12.6. The Labute approximate surface area is 349 Å². The average Bonchev–Trinajstić information content (AvgIpc) is 3.99. The highest BCUT2D eigenvalue weighted by atomic mass is 16.5. The zero-order chi connectivity index (χ0) is 39.7. The molecule has 5 atom stereocenters. The van der Waals surface area contributed by atoms with Crippen LogP contribution in [0, 0.1) is 0 Å². The van der Waals surface area contributed by atoms with Gasteiger partial charge in [0.1, 0.15) is 29.3 Å². The SMILES string of the molecule is CC1(C)c2ccccc2-c2ccc(N(c3ccc4c(c3)C3CCC5Oc6ccccc6C5C(c5ccc6ccccc6c5)C3O4)c3cccc4c3oc3ccccc34)cc21. The molecule has 1 aromatic heterocycles. The van der Waals surface area contributed by atoms with E-state index < -0.39 is 0 Å². The average molecular weight is 778 g/mol. The predicted octanol–water partition coefficient (Wildman–Crippen LogP) is 14.5. The highest BCUT2D eigenvalue weighted by Crippen LogP contribution is 2.59. The molecule has 0 spiro atoms. The first-order chi connectivity index (χ1) is 29.5. The molecule has 9 aromatic rings. The Morgan fingerprint density at radius 2 is 1.28 bits per heavy atom. The summed E-state index contributed by atoms with van der Waals surface area (Å²) in [5.74, 6) is 2.48. The zero-order valence-electron chi connectivity index (χ0n) is 33.6. The molecule has 2 aliphatic carbocycles. The summed E-state index contributed by atoms with van der Waals surface area (Å²) >= 11 is 0. The summed E-state index contributed by atoms with van der Waals surface area (Å²) < 4.78 is 20.9. The molecule has 60 heavy (non-hydrogen) atoms. The van der Waals surface area contributed by atoms with Crippen LogP contribution in [0.1, 0.15) is 72.3 Å². The van der Waals surface area contributed by atoms with Crippen LogP contribution in [0.3, 0.4) is 0 Å². The Morgan fingerprint density at radius 1 is 0.533 bits per heavy atom. The maximum absolute atomic E-state index is 7.28. The molecule has 0 radical (unpaired) electrons. The van der Waals surface area contributed by atoms with Crippen molar-refractivity contribution in [2.75, 3.05) is 4.90 Å². The van der Waals surface area contributed by atoms with Gasteiger partial charge >= 0.3 is 0 Å². The number of furan rings is 1. The number of anilines is 3. The molecular weight excluding hydrogens is 735 g/mol. The molecule has 8 aromatic carbocycles. The van der Waals surface area contributed by atoms with Gasteiger partial charge in [0, 0.05) is 56.4 Å². The lowest BCUT2D eigenvalue weighted by Gasteiger charge is -2.32. The van der Waals surface area contributed by atoms with E-state index in [4.69, 9.17) is 13.9 Å². The van der Waals surface area contributed by atoms with Crippen molar-refractivity contribution in [3.63, 3.8) is 0 Å². The standard InChI is InChI=1S/C56H43NO3/c1-56(2)45-18-8-5-14-38(45)39-26-24-37(32-46(39)56)57(47-19-11-17-41-40-15-6-9-20-48(40)59-54(41)47)36-25-28-50-44(31-36)42-27-29-51-53(43-16-7-10-21-49(43)58-51)52(55(42)60-50)35-23-22-33-12-3-4-13-34(33)30-35/h3-26,28,30-32,42,51-53,55H,27,29H2,1-2H3. The summed E-state index contributed by atoms with van der Waals surface area (Å²) in [6.07, 6.45) is 1.97. The number of fused-ring (bicyclic) bond motifs is 13. The maximum Gasteiger partial charge on any atom is 0.159 e. The molecule has 0 saturated heterocycles. The van der Waals surface area contributed by atoms with E-state index in [9.17, 15) is 0 Å². The van der Waals surface area contributed by atoms with Gasteiger partial charge in [-0.25, -0.2) is 0 Å². The minimum absolute atomic E-state index is 0.0484. The first kappa shape index (κ1) is 34.1. The maximum atomic E-state index is 7.28. The summed E-state index contributed by atoms with van der Waals surface area (Å²) in [6, 6.07) is 62.2. The third-order valence-electron chi connectivity index (χ3n) is 14.4. The Balaban J connectivity index is 0.980. The molecule has 0 bridgehead atoms. The first-order valence-electron chi connectivity index (χ1n) is 21.5. The lowest BCUT2D eigenvalue weighted by molar-refractivity contribution is 0.144. The number of benzene rings is 8. The van der Waals surface area contributed by atoms with Gasteiger partial charge in [0.05, 0.1) is 5.69 Å². The lowest BCUT2D eigenvalue weighted by atomic mass is 9.74. The first-order valence-corrected chi connectivity index (χ1v) is 21.5. The summed E-state index contributed by atoms with van der Waals surface area (Å²) in [6.45, 7) is 4.71. The van der Waals surface area contributed by atoms with Crippen LogP contribution in [0.2, 0.25) is 0 Å². The van der Waals surface area contributed by atoms with Crippen LogP contribution in [0.15, 0.2) is 174 Å². The molecule has 5 unspecified atom stereocenters. The number of nitrogens with zero attached hydrogens (tertiary/aromatic N) is 1. The Hall–Kier alpha value is -6.78. The Bertz CT molecular complexity index is 3210. The van der Waals surface area contributed by atoms with Crippen LogP contribution in [0.5, 0.6) is 11.5 Å². The monoisotopic (exact) mass is 777 g/mol. The van der Waals surface area contributed by atoms with Gasteiger partial charge in [0.15, 0.2) is 5.58 Å². The van der Waals surface area contributed by atoms with Gasteiger partial charge in [-0.1, -0.05) is 135 Å². The fraction of sp³-hybridized carbons (Fsp3) is 0.179. The third kappa shape index (κ3) is 4.85. The van der Waals surface area contributed by atoms with E-state index in [0.717, 1.165) is 63.3 Å². The van der Waals surface area contributed by atoms with E-state index in [1.165, 1.54) is 49.7 Å². The van der Waals surface area contributed by atoms with Gasteiger partial charge in [-0.3, -0.25) is 0 Å². The van der Waals surface area contributed by atoms with Crippen molar-refractivity contribution in [2.45, 2.75) is 62.1 Å². The fourth-order valence-electron chi connectivity index (χ4n) is 11.6. The topological polar surface area (TPSA) is 34.8 Å². The van der Waals surface area contributed by atoms with Crippen LogP contribution in [-0.4, -0.2) is 12.2 Å². The number of ether oxygens (including phenoxy) is 2. The van der Waals surface area contributed by atoms with Gasteiger partial charge in [0.25, 0.3) is 0 Å². The Morgan fingerprint density at radius 3 is 2.23 bits per heavy atom. The fourth-order valence-corrected chi connectivity index (χ4v) is 11.6. The van der Waals surface area contributed by atoms with Gasteiger partial charge in [-0.15, -0.1) is 0 Å². The molecule has 290 valence electrons. The van der Waals surface area contributed by atoms with E-state index in [2.05, 4.69) is 189 Å². The second-order valence-electron chi connectivity index (χ2n) is 17.8. The van der Waals surface area contributed by atoms with Crippen molar-refractivity contribution in [3.8, 4) is 22.6 Å². The van der Waals surface area contributed by atoms with Crippen LogP contribution in [-0.2, 0) is 5.41 Å². The highest BCUT2D eigenvalue weighted by molar-refractivity contribution is 6.10. The summed E-state index contributed by atoms with van der Waals surface area (Å²) in [7, 11) is 0. The molecule has 4 nitrogen and oxygen atoms in total. The number of hydrogen-bond donors (Lipinski definition) is 0. The summed E-state index contributed by atoms with van der Waals surface area (Å²) in [5.41, 5.74) is 14.1. The van der Waals surface area contributed by atoms with Crippen molar-refractivity contribution in [1.29, 1.82) is 0 Å². The molecule has 13 rings (SSSR count). The molecule has 0 amide bonds. The third-order valence-corrected chi connectivity index (χ3v) is 14.4. The van der Waals surface area contributed by atoms with Crippen molar-refractivity contribution in [3.05, 3.63) is 198 Å². The van der Waals surface area contributed by atoms with E-state index in [1.54, 1.807) is 0 Å². The number of para-hydroxylation sites is 3. The summed E-state index contributed by atoms with van der Waals surface area (Å²) in [4.78, 5) is 2.42. The van der Waals surface area contributed by atoms with Gasteiger partial charge in [0.2, 0.25) is 0 Å². The summed E-state index contributed by atoms with van der Waals surface area (Å²) in [5, 5.41) is 4.75. The molecule has 3 heterocycles. The predicted molar refractivity (Wildman–Crippen MR) is 243 cm³/mol. The van der Waals surface area contributed by atoms with Crippen molar-refractivity contribution in [1.82, 2.24) is 0 Å².